The molecule has 2 aliphatic rings. The maximum absolute atomic E-state index is 12.1. The van der Waals surface area contributed by atoms with Gasteiger partial charge in [-0.05, 0) is 65.5 Å². The van der Waals surface area contributed by atoms with Gasteiger partial charge in [0.1, 0.15) is 0 Å². The molecular weight excluding hydrogens is 406 g/mol. The number of aliphatic hydroxyl groups excluding tert-OH is 1. The second-order valence-electron chi connectivity index (χ2n) is 10.3. The zero-order valence-corrected chi connectivity index (χ0v) is 21.6. The van der Waals surface area contributed by atoms with Crippen LogP contribution in [-0.2, 0) is 19.0 Å². The van der Waals surface area contributed by atoms with Crippen LogP contribution < -0.4 is 0 Å². The van der Waals surface area contributed by atoms with Crippen molar-refractivity contribution in [3.63, 3.8) is 0 Å². The second kappa shape index (κ2) is 13.3. The first-order valence-corrected chi connectivity index (χ1v) is 13.0. The quantitative estimate of drug-likeness (QED) is 0.415. The van der Waals surface area contributed by atoms with Gasteiger partial charge in [0, 0.05) is 17.9 Å². The summed E-state index contributed by atoms with van der Waals surface area (Å²) in [5.41, 5.74) is 0. The van der Waals surface area contributed by atoms with E-state index in [2.05, 4.69) is 39.8 Å². The van der Waals surface area contributed by atoms with E-state index >= 15 is 0 Å². The van der Waals surface area contributed by atoms with E-state index in [1.807, 2.05) is 6.92 Å². The van der Waals surface area contributed by atoms with Crippen molar-refractivity contribution in [2.45, 2.75) is 122 Å². The Kier molecular flexibility index (Phi) is 11.4. The summed E-state index contributed by atoms with van der Waals surface area (Å²) in [6, 6.07) is 0.554. The molecular formula is C26H49NO5. The normalized spacial score (nSPS) is 30.8. The molecule has 188 valence electrons. The van der Waals surface area contributed by atoms with Crippen molar-refractivity contribution in [2.75, 3.05) is 21.2 Å². The molecule has 0 aromatic rings. The molecule has 9 atom stereocenters. The molecule has 2 fully saturated rings. The molecule has 0 saturated carbocycles. The standard InChI is InChI=1S/C26H49NO5/c1-8-11-18(27(5)6)16-19-12-13-23(31-19)20(9-2)25(28)17(4)22-14-15-24(32-22)21(10-3)26(29)30-7/h17-25,28H,8-16H2,1-7H3/t17-,18+,19-,20-,21-,22-,23+,24+,25+/m0/s1. The van der Waals surface area contributed by atoms with Crippen molar-refractivity contribution in [2.24, 2.45) is 17.8 Å². The highest BCUT2D eigenvalue weighted by molar-refractivity contribution is 5.72. The molecule has 0 spiro atoms. The highest BCUT2D eigenvalue weighted by atomic mass is 16.5. The highest BCUT2D eigenvalue weighted by Crippen LogP contribution is 2.38. The SMILES string of the molecule is CCC[C@H](C[C@@H]1CC[C@H]([C@H](CC)[C@H](O)[C@@H](C)[C@@H]2CC[C@H]([C@H](CC)C(=O)OC)O2)O1)N(C)C. The van der Waals surface area contributed by atoms with Crippen LogP contribution in [0.25, 0.3) is 0 Å². The first-order chi connectivity index (χ1) is 15.3. The fraction of sp³-hybridized carbons (Fsp3) is 0.962. The third-order valence-corrected chi connectivity index (χ3v) is 8.02. The number of esters is 1. The highest BCUT2D eigenvalue weighted by Gasteiger charge is 2.43. The number of rotatable bonds is 13. The summed E-state index contributed by atoms with van der Waals surface area (Å²) in [6.07, 6.45) is 8.67. The molecule has 2 aliphatic heterocycles. The Morgan fingerprint density at radius 2 is 1.69 bits per heavy atom. The van der Waals surface area contributed by atoms with Gasteiger partial charge in [0.25, 0.3) is 0 Å². The van der Waals surface area contributed by atoms with Gasteiger partial charge in [-0.15, -0.1) is 0 Å². The van der Waals surface area contributed by atoms with Crippen LogP contribution >= 0.6 is 0 Å². The number of aliphatic hydroxyl groups is 1. The maximum Gasteiger partial charge on any atom is 0.311 e. The largest absolute Gasteiger partial charge is 0.469 e. The fourth-order valence-corrected chi connectivity index (χ4v) is 5.88. The van der Waals surface area contributed by atoms with Gasteiger partial charge in [-0.1, -0.05) is 34.1 Å². The Hall–Kier alpha value is -0.690. The van der Waals surface area contributed by atoms with Gasteiger partial charge in [0.2, 0.25) is 0 Å². The van der Waals surface area contributed by atoms with Gasteiger partial charge < -0.3 is 24.2 Å². The van der Waals surface area contributed by atoms with Gasteiger partial charge in [-0.25, -0.2) is 0 Å². The number of hydrogen-bond donors (Lipinski definition) is 1. The van der Waals surface area contributed by atoms with Gasteiger partial charge >= 0.3 is 5.97 Å². The summed E-state index contributed by atoms with van der Waals surface area (Å²) in [7, 11) is 5.75. The summed E-state index contributed by atoms with van der Waals surface area (Å²) in [4.78, 5) is 14.4. The van der Waals surface area contributed by atoms with E-state index in [1.165, 1.54) is 20.0 Å². The van der Waals surface area contributed by atoms with Crippen molar-refractivity contribution in [1.29, 1.82) is 0 Å². The van der Waals surface area contributed by atoms with Gasteiger partial charge in [0.05, 0.1) is 43.5 Å². The van der Waals surface area contributed by atoms with Crippen LogP contribution in [0.4, 0.5) is 0 Å². The summed E-state index contributed by atoms with van der Waals surface area (Å²) < 4.78 is 17.8. The van der Waals surface area contributed by atoms with E-state index in [4.69, 9.17) is 14.2 Å². The van der Waals surface area contributed by atoms with E-state index < -0.39 is 6.10 Å². The Morgan fingerprint density at radius 1 is 1.03 bits per heavy atom. The van der Waals surface area contributed by atoms with Crippen molar-refractivity contribution in [3.05, 3.63) is 0 Å². The topological polar surface area (TPSA) is 68.2 Å². The zero-order chi connectivity index (χ0) is 23.8. The lowest BCUT2D eigenvalue weighted by Gasteiger charge is -2.34. The van der Waals surface area contributed by atoms with Crippen LogP contribution in [0.1, 0.15) is 85.5 Å². The van der Waals surface area contributed by atoms with Gasteiger partial charge in [-0.3, -0.25) is 4.79 Å². The average Bonchev–Trinajstić information content (AvgIpc) is 3.44. The smallest absolute Gasteiger partial charge is 0.311 e. The van der Waals surface area contributed by atoms with Crippen LogP contribution in [0, 0.1) is 17.8 Å². The van der Waals surface area contributed by atoms with Crippen molar-refractivity contribution in [3.8, 4) is 0 Å². The first kappa shape index (κ1) is 27.6. The van der Waals surface area contributed by atoms with Crippen LogP contribution in [-0.4, -0.2) is 73.7 Å². The molecule has 1 N–H and O–H groups in total. The lowest BCUT2D eigenvalue weighted by atomic mass is 9.82. The molecule has 2 heterocycles. The van der Waals surface area contributed by atoms with Crippen molar-refractivity contribution in [1.82, 2.24) is 4.90 Å². The van der Waals surface area contributed by atoms with Gasteiger partial charge in [-0.2, -0.15) is 0 Å². The number of carbonyl (C=O) groups excluding carboxylic acids is 1. The minimum absolute atomic E-state index is 0.0115. The lowest BCUT2D eigenvalue weighted by molar-refractivity contribution is -0.152. The molecule has 2 rings (SSSR count). The Labute approximate surface area is 196 Å². The molecule has 0 bridgehead atoms. The molecule has 6 heteroatoms. The fourth-order valence-electron chi connectivity index (χ4n) is 5.88. The molecule has 0 aliphatic carbocycles. The Bertz CT molecular complexity index is 556. The maximum atomic E-state index is 12.1. The van der Waals surface area contributed by atoms with Crippen LogP contribution in [0.5, 0.6) is 0 Å². The van der Waals surface area contributed by atoms with Crippen LogP contribution in [0.15, 0.2) is 0 Å². The number of nitrogens with zero attached hydrogens (tertiary/aromatic N) is 1. The monoisotopic (exact) mass is 455 g/mol. The summed E-state index contributed by atoms with van der Waals surface area (Å²) in [5, 5.41) is 11.3. The lowest BCUT2D eigenvalue weighted by Crippen LogP contribution is -2.41. The minimum atomic E-state index is -0.467. The minimum Gasteiger partial charge on any atom is -0.469 e. The Morgan fingerprint density at radius 3 is 2.25 bits per heavy atom. The Balaban J connectivity index is 1.93. The van der Waals surface area contributed by atoms with E-state index in [1.54, 1.807) is 0 Å². The summed E-state index contributed by atoms with van der Waals surface area (Å²) >= 11 is 0. The molecule has 0 aromatic carbocycles. The summed E-state index contributed by atoms with van der Waals surface area (Å²) in [5.74, 6) is -0.285. The number of hydrogen-bond acceptors (Lipinski definition) is 6. The summed E-state index contributed by atoms with van der Waals surface area (Å²) in [6.45, 7) is 8.48. The molecule has 0 amide bonds. The van der Waals surface area contributed by atoms with E-state index in [0.29, 0.717) is 12.5 Å². The third kappa shape index (κ3) is 6.91. The van der Waals surface area contributed by atoms with Crippen molar-refractivity contribution >= 4 is 5.97 Å². The second-order valence-corrected chi connectivity index (χ2v) is 10.3. The predicted molar refractivity (Wildman–Crippen MR) is 128 cm³/mol. The number of ether oxygens (including phenoxy) is 3. The molecule has 0 radical (unpaired) electrons. The average molecular weight is 456 g/mol. The number of methoxy groups -OCH3 is 1. The zero-order valence-electron chi connectivity index (χ0n) is 21.6. The van der Waals surface area contributed by atoms with E-state index in [-0.39, 0.29) is 48.1 Å². The number of carbonyl (C=O) groups is 1. The van der Waals surface area contributed by atoms with Crippen LogP contribution in [0.3, 0.4) is 0 Å². The van der Waals surface area contributed by atoms with E-state index in [0.717, 1.165) is 38.5 Å². The first-order valence-electron chi connectivity index (χ1n) is 13.0. The van der Waals surface area contributed by atoms with E-state index in [9.17, 15) is 9.90 Å². The van der Waals surface area contributed by atoms with Crippen molar-refractivity contribution < 1.29 is 24.1 Å². The van der Waals surface area contributed by atoms with Gasteiger partial charge in [0.15, 0.2) is 0 Å². The third-order valence-electron chi connectivity index (χ3n) is 8.02. The predicted octanol–water partition coefficient (Wildman–Crippen LogP) is 4.42. The molecule has 0 aromatic heterocycles. The van der Waals surface area contributed by atoms with Crippen LogP contribution in [0.2, 0.25) is 0 Å². The molecule has 6 nitrogen and oxygen atoms in total. The molecule has 2 saturated heterocycles. The molecule has 32 heavy (non-hydrogen) atoms. The molecule has 0 unspecified atom stereocenters.